The molecule has 0 radical (unpaired) electrons. The van der Waals surface area contributed by atoms with Crippen molar-refractivity contribution in [2.24, 2.45) is 0 Å². The summed E-state index contributed by atoms with van der Waals surface area (Å²) in [6.07, 6.45) is 5.51. The number of hydrogen-bond acceptors (Lipinski definition) is 7. The van der Waals surface area contributed by atoms with Gasteiger partial charge in [0.2, 0.25) is 5.91 Å². The standard InChI is InChI=1S/C28H36N4O5/c1-28(2,3)37-26(34)23(32-27(35)36-19-20-10-5-4-6-11-20)18-24(33)29-16-8-7-13-22-15-14-21-12-9-17-30-25(21)31-22/h4-7,10-11,13-15,23H,8-9,12,16-19H2,1-3H3,(H,29,33)(H,30,31)(H,32,35)/b13-7+. The molecule has 3 rings (SSSR count). The second-order valence-electron chi connectivity index (χ2n) is 9.81. The Morgan fingerprint density at radius 2 is 1.92 bits per heavy atom. The quantitative estimate of drug-likeness (QED) is 0.328. The number of hydrogen-bond donors (Lipinski definition) is 3. The van der Waals surface area contributed by atoms with Crippen LogP contribution >= 0.6 is 0 Å². The molecule has 1 unspecified atom stereocenters. The van der Waals surface area contributed by atoms with Gasteiger partial charge in [-0.2, -0.15) is 0 Å². The molecule has 3 N–H and O–H groups in total. The molecule has 0 saturated carbocycles. The fraction of sp³-hybridized carbons (Fsp3) is 0.429. The molecule has 37 heavy (non-hydrogen) atoms. The van der Waals surface area contributed by atoms with E-state index in [2.05, 4.69) is 27.0 Å². The molecule has 2 aromatic rings. The third kappa shape index (κ3) is 9.95. The highest BCUT2D eigenvalue weighted by molar-refractivity contribution is 5.88. The Labute approximate surface area is 218 Å². The van der Waals surface area contributed by atoms with Gasteiger partial charge >= 0.3 is 12.1 Å². The number of esters is 1. The van der Waals surface area contributed by atoms with Crippen LogP contribution in [0.5, 0.6) is 0 Å². The van der Waals surface area contributed by atoms with E-state index in [0.29, 0.717) is 13.0 Å². The number of alkyl carbamates (subject to hydrolysis) is 1. The van der Waals surface area contributed by atoms with Crippen molar-refractivity contribution in [3.05, 3.63) is 65.4 Å². The fourth-order valence-electron chi connectivity index (χ4n) is 3.67. The van der Waals surface area contributed by atoms with E-state index in [-0.39, 0.29) is 18.9 Å². The lowest BCUT2D eigenvalue weighted by Crippen LogP contribution is -2.47. The maximum Gasteiger partial charge on any atom is 0.408 e. The largest absolute Gasteiger partial charge is 0.458 e. The van der Waals surface area contributed by atoms with E-state index < -0.39 is 23.7 Å². The van der Waals surface area contributed by atoms with Crippen LogP contribution in [-0.4, -0.2) is 47.7 Å². The summed E-state index contributed by atoms with van der Waals surface area (Å²) < 4.78 is 10.6. The minimum absolute atomic E-state index is 0.0430. The molecule has 0 fully saturated rings. The van der Waals surface area contributed by atoms with Gasteiger partial charge in [-0.1, -0.05) is 42.5 Å². The van der Waals surface area contributed by atoms with Crippen molar-refractivity contribution >= 4 is 29.9 Å². The number of carbonyl (C=O) groups is 3. The SMILES string of the molecule is CC(C)(C)OC(=O)C(CC(=O)NCC/C=C/c1ccc2c(n1)NCCC2)NC(=O)OCc1ccccc1. The van der Waals surface area contributed by atoms with E-state index in [0.717, 1.165) is 36.5 Å². The summed E-state index contributed by atoms with van der Waals surface area (Å²) in [7, 11) is 0. The number of nitrogens with zero attached hydrogens (tertiary/aromatic N) is 1. The summed E-state index contributed by atoms with van der Waals surface area (Å²) in [5, 5.41) is 8.55. The second kappa shape index (κ2) is 13.4. The number of benzene rings is 1. The number of carbonyl (C=O) groups excluding carboxylic acids is 3. The number of amides is 2. The average molecular weight is 509 g/mol. The molecule has 1 aromatic carbocycles. The van der Waals surface area contributed by atoms with Gasteiger partial charge in [-0.3, -0.25) is 4.79 Å². The van der Waals surface area contributed by atoms with Crippen molar-refractivity contribution in [3.63, 3.8) is 0 Å². The van der Waals surface area contributed by atoms with Crippen LogP contribution in [-0.2, 0) is 32.1 Å². The highest BCUT2D eigenvalue weighted by atomic mass is 16.6. The number of rotatable bonds is 10. The zero-order chi connectivity index (χ0) is 26.7. The lowest BCUT2D eigenvalue weighted by molar-refractivity contribution is -0.158. The van der Waals surface area contributed by atoms with E-state index in [1.165, 1.54) is 5.56 Å². The number of aryl methyl sites for hydroxylation is 1. The molecular formula is C28H36N4O5. The van der Waals surface area contributed by atoms with Crippen molar-refractivity contribution in [2.45, 2.75) is 64.7 Å². The molecule has 1 aliphatic heterocycles. The van der Waals surface area contributed by atoms with Gasteiger partial charge in [0.1, 0.15) is 24.1 Å². The van der Waals surface area contributed by atoms with Crippen molar-refractivity contribution in [3.8, 4) is 0 Å². The molecule has 0 aliphatic carbocycles. The van der Waals surface area contributed by atoms with Crippen molar-refractivity contribution < 1.29 is 23.9 Å². The third-order valence-electron chi connectivity index (χ3n) is 5.42. The number of nitrogens with one attached hydrogen (secondary N) is 3. The molecule has 2 heterocycles. The first kappa shape index (κ1) is 27.7. The summed E-state index contributed by atoms with van der Waals surface area (Å²) in [5.41, 5.74) is 2.11. The van der Waals surface area contributed by atoms with Gasteiger partial charge in [0.25, 0.3) is 0 Å². The first-order chi connectivity index (χ1) is 17.7. The maximum atomic E-state index is 12.6. The Bertz CT molecular complexity index is 1100. The molecule has 9 heteroatoms. The predicted molar refractivity (Wildman–Crippen MR) is 142 cm³/mol. The van der Waals surface area contributed by atoms with Gasteiger partial charge in [0, 0.05) is 13.1 Å². The monoisotopic (exact) mass is 508 g/mol. The van der Waals surface area contributed by atoms with E-state index in [9.17, 15) is 14.4 Å². The van der Waals surface area contributed by atoms with Crippen LogP contribution in [0, 0.1) is 0 Å². The minimum Gasteiger partial charge on any atom is -0.458 e. The predicted octanol–water partition coefficient (Wildman–Crippen LogP) is 3.99. The van der Waals surface area contributed by atoms with Crippen LogP contribution < -0.4 is 16.0 Å². The molecule has 0 bridgehead atoms. The van der Waals surface area contributed by atoms with Gasteiger partial charge in [-0.15, -0.1) is 0 Å². The lowest BCUT2D eigenvalue weighted by Gasteiger charge is -2.24. The number of pyridine rings is 1. The van der Waals surface area contributed by atoms with Crippen LogP contribution in [0.15, 0.2) is 48.5 Å². The Morgan fingerprint density at radius 3 is 2.68 bits per heavy atom. The number of ether oxygens (including phenoxy) is 2. The first-order valence-electron chi connectivity index (χ1n) is 12.6. The molecule has 198 valence electrons. The van der Waals surface area contributed by atoms with Crippen LogP contribution in [0.1, 0.15) is 56.9 Å². The lowest BCUT2D eigenvalue weighted by atomic mass is 10.1. The van der Waals surface area contributed by atoms with Crippen LogP contribution in [0.25, 0.3) is 6.08 Å². The zero-order valence-electron chi connectivity index (χ0n) is 21.7. The molecule has 1 atom stereocenters. The number of aromatic nitrogens is 1. The van der Waals surface area contributed by atoms with E-state index >= 15 is 0 Å². The van der Waals surface area contributed by atoms with E-state index in [1.54, 1.807) is 20.8 Å². The smallest absolute Gasteiger partial charge is 0.408 e. The summed E-state index contributed by atoms with van der Waals surface area (Å²) in [5.74, 6) is -0.153. The van der Waals surface area contributed by atoms with E-state index in [1.807, 2.05) is 48.6 Å². The molecule has 1 aromatic heterocycles. The first-order valence-corrected chi connectivity index (χ1v) is 12.6. The molecule has 2 amide bonds. The van der Waals surface area contributed by atoms with Crippen LogP contribution in [0.4, 0.5) is 10.6 Å². The fourth-order valence-corrected chi connectivity index (χ4v) is 3.67. The van der Waals surface area contributed by atoms with Crippen LogP contribution in [0.3, 0.4) is 0 Å². The van der Waals surface area contributed by atoms with Crippen molar-refractivity contribution in [2.75, 3.05) is 18.4 Å². The van der Waals surface area contributed by atoms with E-state index in [4.69, 9.17) is 9.47 Å². The Balaban J connectivity index is 1.47. The topological polar surface area (TPSA) is 119 Å². The Morgan fingerprint density at radius 1 is 1.14 bits per heavy atom. The van der Waals surface area contributed by atoms with Crippen molar-refractivity contribution in [1.29, 1.82) is 0 Å². The van der Waals surface area contributed by atoms with Gasteiger partial charge in [-0.05, 0) is 63.3 Å². The van der Waals surface area contributed by atoms with Crippen LogP contribution in [0.2, 0.25) is 0 Å². The van der Waals surface area contributed by atoms with Crippen molar-refractivity contribution in [1.82, 2.24) is 15.6 Å². The third-order valence-corrected chi connectivity index (χ3v) is 5.42. The maximum absolute atomic E-state index is 12.6. The average Bonchev–Trinajstić information content (AvgIpc) is 2.86. The number of anilines is 1. The van der Waals surface area contributed by atoms with Gasteiger partial charge in [0.05, 0.1) is 12.1 Å². The molecule has 1 aliphatic rings. The molecular weight excluding hydrogens is 472 g/mol. The normalized spacial score (nSPS) is 13.7. The summed E-state index contributed by atoms with van der Waals surface area (Å²) >= 11 is 0. The van der Waals surface area contributed by atoms with Gasteiger partial charge in [0.15, 0.2) is 0 Å². The number of fused-ring (bicyclic) bond motifs is 1. The molecule has 0 saturated heterocycles. The Kier molecular flexibility index (Phi) is 10.1. The minimum atomic E-state index is -1.18. The second-order valence-corrected chi connectivity index (χ2v) is 9.81. The highest BCUT2D eigenvalue weighted by Crippen LogP contribution is 2.20. The summed E-state index contributed by atoms with van der Waals surface area (Å²) in [6, 6.07) is 12.1. The summed E-state index contributed by atoms with van der Waals surface area (Å²) in [6.45, 7) is 6.50. The summed E-state index contributed by atoms with van der Waals surface area (Å²) in [4.78, 5) is 42.1. The Hall–Kier alpha value is -3.88. The molecule has 9 nitrogen and oxygen atoms in total. The van der Waals surface area contributed by atoms with Gasteiger partial charge < -0.3 is 25.4 Å². The molecule has 0 spiro atoms. The zero-order valence-corrected chi connectivity index (χ0v) is 21.7. The van der Waals surface area contributed by atoms with Gasteiger partial charge in [-0.25, -0.2) is 14.6 Å². The highest BCUT2D eigenvalue weighted by Gasteiger charge is 2.29.